The van der Waals surface area contributed by atoms with Crippen molar-refractivity contribution in [3.63, 3.8) is 0 Å². The minimum Gasteiger partial charge on any atom is -0.475 e. The molecule has 7 heteroatoms. The SMILES string of the molecule is CCCCOc1nc(C)cnc1NS(=O)(=O)c1ccc(C)cc1. The van der Waals surface area contributed by atoms with Crippen molar-refractivity contribution < 1.29 is 13.2 Å². The van der Waals surface area contributed by atoms with E-state index in [0.29, 0.717) is 12.3 Å². The first-order valence-electron chi connectivity index (χ1n) is 7.48. The molecule has 23 heavy (non-hydrogen) atoms. The van der Waals surface area contributed by atoms with Crippen LogP contribution in [0.1, 0.15) is 31.0 Å². The molecule has 1 aromatic heterocycles. The van der Waals surface area contributed by atoms with Gasteiger partial charge in [0.2, 0.25) is 5.82 Å². The molecule has 0 spiro atoms. The van der Waals surface area contributed by atoms with Crippen LogP contribution in [0.25, 0.3) is 0 Å². The summed E-state index contributed by atoms with van der Waals surface area (Å²) in [6.45, 7) is 6.19. The molecule has 0 bridgehead atoms. The molecule has 6 nitrogen and oxygen atoms in total. The molecular formula is C16H21N3O3S. The number of ether oxygens (including phenoxy) is 1. The van der Waals surface area contributed by atoms with Crippen molar-refractivity contribution in [3.05, 3.63) is 41.7 Å². The smallest absolute Gasteiger partial charge is 0.263 e. The number of nitrogens with one attached hydrogen (secondary N) is 1. The monoisotopic (exact) mass is 335 g/mol. The summed E-state index contributed by atoms with van der Waals surface area (Å²) in [6, 6.07) is 6.59. The first-order valence-corrected chi connectivity index (χ1v) is 8.96. The molecule has 1 N–H and O–H groups in total. The predicted molar refractivity (Wildman–Crippen MR) is 89.2 cm³/mol. The van der Waals surface area contributed by atoms with Gasteiger partial charge >= 0.3 is 0 Å². The maximum atomic E-state index is 12.4. The maximum Gasteiger partial charge on any atom is 0.263 e. The van der Waals surface area contributed by atoms with Gasteiger partial charge in [-0.2, -0.15) is 0 Å². The van der Waals surface area contributed by atoms with E-state index in [9.17, 15) is 8.42 Å². The third-order valence-electron chi connectivity index (χ3n) is 3.16. The number of hydrogen-bond acceptors (Lipinski definition) is 5. The Balaban J connectivity index is 2.26. The highest BCUT2D eigenvalue weighted by Crippen LogP contribution is 2.23. The predicted octanol–water partition coefficient (Wildman–Crippen LogP) is 3.07. The van der Waals surface area contributed by atoms with E-state index in [0.717, 1.165) is 18.4 Å². The Labute approximate surface area is 137 Å². The fraction of sp³-hybridized carbons (Fsp3) is 0.375. The van der Waals surface area contributed by atoms with Crippen LogP contribution in [0.4, 0.5) is 5.82 Å². The van der Waals surface area contributed by atoms with Crippen LogP contribution in [-0.4, -0.2) is 25.0 Å². The van der Waals surface area contributed by atoms with Gasteiger partial charge in [-0.25, -0.2) is 18.4 Å². The zero-order valence-corrected chi connectivity index (χ0v) is 14.4. The number of benzene rings is 1. The van der Waals surface area contributed by atoms with Crippen LogP contribution in [-0.2, 0) is 10.0 Å². The summed E-state index contributed by atoms with van der Waals surface area (Å²) in [5.41, 5.74) is 1.65. The molecule has 0 aliphatic carbocycles. The van der Waals surface area contributed by atoms with Crippen LogP contribution in [0.2, 0.25) is 0 Å². The molecule has 0 fully saturated rings. The van der Waals surface area contributed by atoms with Crippen molar-refractivity contribution >= 4 is 15.8 Å². The van der Waals surface area contributed by atoms with Crippen LogP contribution >= 0.6 is 0 Å². The van der Waals surface area contributed by atoms with E-state index in [1.165, 1.54) is 6.20 Å². The summed E-state index contributed by atoms with van der Waals surface area (Å²) in [5, 5.41) is 0. The van der Waals surface area contributed by atoms with Crippen molar-refractivity contribution in [1.29, 1.82) is 0 Å². The third-order valence-corrected chi connectivity index (χ3v) is 4.51. The normalized spacial score (nSPS) is 11.3. The summed E-state index contributed by atoms with van der Waals surface area (Å²) < 4.78 is 32.9. The van der Waals surface area contributed by atoms with Gasteiger partial charge in [-0.3, -0.25) is 4.72 Å². The average molecular weight is 335 g/mol. The molecule has 0 saturated carbocycles. The Morgan fingerprint density at radius 3 is 2.52 bits per heavy atom. The number of rotatable bonds is 7. The lowest BCUT2D eigenvalue weighted by Gasteiger charge is -2.12. The minimum absolute atomic E-state index is 0.104. The second kappa shape index (κ2) is 7.41. The number of aryl methyl sites for hydroxylation is 2. The van der Waals surface area contributed by atoms with Crippen LogP contribution in [0, 0.1) is 13.8 Å². The summed E-state index contributed by atoms with van der Waals surface area (Å²) in [5.74, 6) is 0.307. The van der Waals surface area contributed by atoms with Crippen molar-refractivity contribution in [2.45, 2.75) is 38.5 Å². The van der Waals surface area contributed by atoms with E-state index >= 15 is 0 Å². The van der Waals surface area contributed by atoms with E-state index in [-0.39, 0.29) is 16.6 Å². The van der Waals surface area contributed by atoms with E-state index in [1.54, 1.807) is 31.2 Å². The van der Waals surface area contributed by atoms with Crippen molar-refractivity contribution in [3.8, 4) is 5.88 Å². The second-order valence-corrected chi connectivity index (χ2v) is 6.97. The van der Waals surface area contributed by atoms with Gasteiger partial charge < -0.3 is 4.74 Å². The van der Waals surface area contributed by atoms with Gasteiger partial charge in [0.25, 0.3) is 15.9 Å². The van der Waals surface area contributed by atoms with Gasteiger partial charge in [0, 0.05) is 0 Å². The van der Waals surface area contributed by atoms with Gasteiger partial charge in [0.05, 0.1) is 23.4 Å². The molecule has 0 saturated heterocycles. The Morgan fingerprint density at radius 2 is 1.87 bits per heavy atom. The molecule has 0 aliphatic heterocycles. The number of nitrogens with zero attached hydrogens (tertiary/aromatic N) is 2. The Morgan fingerprint density at radius 1 is 1.17 bits per heavy atom. The van der Waals surface area contributed by atoms with Crippen molar-refractivity contribution in [2.24, 2.45) is 0 Å². The molecule has 124 valence electrons. The molecule has 0 radical (unpaired) electrons. The van der Waals surface area contributed by atoms with E-state index in [4.69, 9.17) is 4.74 Å². The number of anilines is 1. The van der Waals surface area contributed by atoms with E-state index in [1.807, 2.05) is 13.8 Å². The minimum atomic E-state index is -3.73. The zero-order chi connectivity index (χ0) is 16.9. The standard InChI is InChI=1S/C16H21N3O3S/c1-4-5-10-22-16-15(17-11-13(3)18-16)19-23(20,21)14-8-6-12(2)7-9-14/h6-9,11H,4-5,10H2,1-3H3,(H,17,19). The fourth-order valence-corrected chi connectivity index (χ4v) is 2.85. The number of hydrogen-bond donors (Lipinski definition) is 1. The van der Waals surface area contributed by atoms with E-state index in [2.05, 4.69) is 14.7 Å². The molecule has 0 unspecified atom stereocenters. The van der Waals surface area contributed by atoms with Gasteiger partial charge in [0.15, 0.2) is 0 Å². The van der Waals surface area contributed by atoms with Crippen molar-refractivity contribution in [1.82, 2.24) is 9.97 Å². The molecule has 1 aromatic carbocycles. The summed E-state index contributed by atoms with van der Waals surface area (Å²) in [7, 11) is -3.73. The van der Waals surface area contributed by atoms with Crippen LogP contribution in [0.3, 0.4) is 0 Å². The largest absolute Gasteiger partial charge is 0.475 e. The van der Waals surface area contributed by atoms with Gasteiger partial charge in [-0.05, 0) is 32.4 Å². The maximum absolute atomic E-state index is 12.4. The summed E-state index contributed by atoms with van der Waals surface area (Å²) in [6.07, 6.45) is 3.34. The average Bonchev–Trinajstić information content (AvgIpc) is 2.50. The lowest BCUT2D eigenvalue weighted by molar-refractivity contribution is 0.298. The Bertz CT molecular complexity index is 759. The van der Waals surface area contributed by atoms with Gasteiger partial charge in [0.1, 0.15) is 0 Å². The van der Waals surface area contributed by atoms with Crippen molar-refractivity contribution in [2.75, 3.05) is 11.3 Å². The molecule has 1 heterocycles. The second-order valence-electron chi connectivity index (χ2n) is 5.29. The number of sulfonamides is 1. The quantitative estimate of drug-likeness (QED) is 0.786. The topological polar surface area (TPSA) is 81.2 Å². The molecule has 2 rings (SSSR count). The molecular weight excluding hydrogens is 314 g/mol. The number of aromatic nitrogens is 2. The molecule has 2 aromatic rings. The third kappa shape index (κ3) is 4.66. The highest BCUT2D eigenvalue weighted by Gasteiger charge is 2.18. The first kappa shape index (κ1) is 17.2. The lowest BCUT2D eigenvalue weighted by Crippen LogP contribution is -2.16. The summed E-state index contributed by atoms with van der Waals surface area (Å²) >= 11 is 0. The number of unbranched alkanes of at least 4 members (excludes halogenated alkanes) is 1. The molecule has 0 amide bonds. The Kier molecular flexibility index (Phi) is 5.54. The van der Waals surface area contributed by atoms with E-state index < -0.39 is 10.0 Å². The summed E-state index contributed by atoms with van der Waals surface area (Å²) in [4.78, 5) is 8.50. The molecule has 0 atom stereocenters. The van der Waals surface area contributed by atoms with Crippen LogP contribution in [0.15, 0.2) is 35.4 Å². The van der Waals surface area contributed by atoms with Gasteiger partial charge in [-0.1, -0.05) is 31.0 Å². The van der Waals surface area contributed by atoms with Crippen LogP contribution in [0.5, 0.6) is 5.88 Å². The highest BCUT2D eigenvalue weighted by atomic mass is 32.2. The lowest BCUT2D eigenvalue weighted by atomic mass is 10.2. The fourth-order valence-electron chi connectivity index (χ4n) is 1.84. The highest BCUT2D eigenvalue weighted by molar-refractivity contribution is 7.92. The zero-order valence-electron chi connectivity index (χ0n) is 13.5. The molecule has 0 aliphatic rings. The first-order chi connectivity index (χ1) is 10.9. The van der Waals surface area contributed by atoms with Gasteiger partial charge in [-0.15, -0.1) is 0 Å². The Hall–Kier alpha value is -2.15. The van der Waals surface area contributed by atoms with Crippen LogP contribution < -0.4 is 9.46 Å².